The molecule has 0 spiro atoms. The van der Waals surface area contributed by atoms with Crippen LogP contribution < -0.4 is 0 Å². The molecule has 0 amide bonds. The zero-order valence-corrected chi connectivity index (χ0v) is 19.3. The van der Waals surface area contributed by atoms with E-state index in [9.17, 15) is 0 Å². The Kier molecular flexibility index (Phi) is 16.6. The van der Waals surface area contributed by atoms with Crippen molar-refractivity contribution in [1.29, 1.82) is 0 Å². The molecule has 0 aliphatic heterocycles. The average Bonchev–Trinajstić information content (AvgIpc) is 2.59. The van der Waals surface area contributed by atoms with Crippen LogP contribution in [0.25, 0.3) is 0 Å². The van der Waals surface area contributed by atoms with Crippen molar-refractivity contribution in [3.8, 4) is 0 Å². The third-order valence-corrected chi connectivity index (χ3v) is 5.56. The van der Waals surface area contributed by atoms with Gasteiger partial charge in [0.15, 0.2) is 0 Å². The fourth-order valence-corrected chi connectivity index (χ4v) is 4.03. The Morgan fingerprint density at radius 1 is 0.615 bits per heavy atom. The Morgan fingerprint density at radius 2 is 1.08 bits per heavy atom. The summed E-state index contributed by atoms with van der Waals surface area (Å²) >= 11 is 0. The highest BCUT2D eigenvalue weighted by Gasteiger charge is 2.25. The topological polar surface area (TPSA) is 6.48 Å². The second-order valence-electron chi connectivity index (χ2n) is 8.30. The summed E-state index contributed by atoms with van der Waals surface area (Å²) in [5, 5.41) is 0. The molecule has 0 aliphatic rings. The first kappa shape index (κ1) is 25.7. The van der Waals surface area contributed by atoms with Crippen LogP contribution in [-0.2, 0) is 0 Å². The van der Waals surface area contributed by atoms with Crippen molar-refractivity contribution in [2.45, 2.75) is 131 Å². The summed E-state index contributed by atoms with van der Waals surface area (Å²) < 4.78 is 0. The average molecular weight is 367 g/mol. The van der Waals surface area contributed by atoms with Gasteiger partial charge in [-0.25, -0.2) is 0 Å². The minimum atomic E-state index is 0.528. The molecule has 2 nitrogen and oxygen atoms in total. The van der Waals surface area contributed by atoms with Crippen LogP contribution in [0.1, 0.15) is 113 Å². The van der Waals surface area contributed by atoms with E-state index in [-0.39, 0.29) is 0 Å². The minimum absolute atomic E-state index is 0.528. The molecule has 156 valence electrons. The van der Waals surface area contributed by atoms with E-state index in [2.05, 4.69) is 70.4 Å². The summed E-state index contributed by atoms with van der Waals surface area (Å²) in [7, 11) is 0. The SMILES string of the molecule is CCCCCCCCCCC=CCC(N(CC)C(C)C)N(CC)C(C)C. The first-order valence-electron chi connectivity index (χ1n) is 11.7. The fraction of sp³-hybridized carbons (Fsp3) is 0.917. The third-order valence-electron chi connectivity index (χ3n) is 5.56. The van der Waals surface area contributed by atoms with Crippen LogP contribution in [0.5, 0.6) is 0 Å². The van der Waals surface area contributed by atoms with E-state index in [1.54, 1.807) is 0 Å². The van der Waals surface area contributed by atoms with E-state index in [0.717, 1.165) is 19.5 Å². The normalized spacial score (nSPS) is 12.8. The Balaban J connectivity index is 4.24. The molecule has 0 aliphatic carbocycles. The van der Waals surface area contributed by atoms with E-state index in [1.165, 1.54) is 57.8 Å². The number of unbranched alkanes of at least 4 members (excludes halogenated alkanes) is 8. The highest BCUT2D eigenvalue weighted by Crippen LogP contribution is 2.18. The highest BCUT2D eigenvalue weighted by molar-refractivity contribution is 4.89. The lowest BCUT2D eigenvalue weighted by molar-refractivity contribution is 0.0103. The van der Waals surface area contributed by atoms with Crippen LogP contribution in [0.2, 0.25) is 0 Å². The number of nitrogens with zero attached hydrogens (tertiary/aromatic N) is 2. The van der Waals surface area contributed by atoms with E-state index in [0.29, 0.717) is 18.2 Å². The molecule has 0 aromatic heterocycles. The minimum Gasteiger partial charge on any atom is -0.285 e. The van der Waals surface area contributed by atoms with Gasteiger partial charge >= 0.3 is 0 Å². The standard InChI is InChI=1S/C24H50N2/c1-8-11-12-13-14-15-16-17-18-19-20-21-24(25(9-2)22(4)5)26(10-3)23(6)7/h19-20,22-24H,8-18,21H2,1-7H3. The predicted molar refractivity (Wildman–Crippen MR) is 120 cm³/mol. The predicted octanol–water partition coefficient (Wildman–Crippen LogP) is 7.25. The molecule has 0 unspecified atom stereocenters. The monoisotopic (exact) mass is 366 g/mol. The van der Waals surface area contributed by atoms with Crippen LogP contribution >= 0.6 is 0 Å². The lowest BCUT2D eigenvalue weighted by Gasteiger charge is -2.42. The van der Waals surface area contributed by atoms with Gasteiger partial charge in [0.2, 0.25) is 0 Å². The zero-order valence-electron chi connectivity index (χ0n) is 19.3. The van der Waals surface area contributed by atoms with Crippen molar-refractivity contribution >= 4 is 0 Å². The molecule has 2 heteroatoms. The third kappa shape index (κ3) is 11.4. The second-order valence-corrected chi connectivity index (χ2v) is 8.30. The summed E-state index contributed by atoms with van der Waals surface area (Å²) in [6.07, 6.45) is 19.1. The molecular formula is C24H50N2. The molecule has 0 aromatic carbocycles. The number of hydrogen-bond donors (Lipinski definition) is 0. The Labute approximate surface area is 166 Å². The molecule has 0 saturated heterocycles. The van der Waals surface area contributed by atoms with Gasteiger partial charge < -0.3 is 0 Å². The zero-order chi connectivity index (χ0) is 19.8. The number of allylic oxidation sites excluding steroid dienone is 1. The summed E-state index contributed by atoms with van der Waals surface area (Å²) in [5.41, 5.74) is 0. The second kappa shape index (κ2) is 16.8. The molecular weight excluding hydrogens is 316 g/mol. The molecule has 0 bridgehead atoms. The summed E-state index contributed by atoms with van der Waals surface area (Å²) in [6, 6.07) is 1.19. The maximum absolute atomic E-state index is 2.64. The Morgan fingerprint density at radius 3 is 1.50 bits per heavy atom. The smallest absolute Gasteiger partial charge is 0.0662 e. The van der Waals surface area contributed by atoms with Gasteiger partial charge in [0.25, 0.3) is 0 Å². The van der Waals surface area contributed by atoms with Gasteiger partial charge in [0.1, 0.15) is 0 Å². The molecule has 0 fully saturated rings. The first-order valence-corrected chi connectivity index (χ1v) is 11.7. The van der Waals surface area contributed by atoms with Gasteiger partial charge in [-0.3, -0.25) is 9.80 Å². The Hall–Kier alpha value is -0.340. The van der Waals surface area contributed by atoms with Crippen molar-refractivity contribution in [2.24, 2.45) is 0 Å². The van der Waals surface area contributed by atoms with Crippen molar-refractivity contribution in [3.05, 3.63) is 12.2 Å². The van der Waals surface area contributed by atoms with Crippen LogP contribution in [-0.4, -0.2) is 41.1 Å². The molecule has 0 N–H and O–H groups in total. The van der Waals surface area contributed by atoms with Gasteiger partial charge in [0.05, 0.1) is 6.17 Å². The van der Waals surface area contributed by atoms with Gasteiger partial charge in [-0.2, -0.15) is 0 Å². The van der Waals surface area contributed by atoms with Crippen LogP contribution in [0.15, 0.2) is 12.2 Å². The van der Waals surface area contributed by atoms with Gasteiger partial charge in [0, 0.05) is 12.1 Å². The maximum atomic E-state index is 2.64. The molecule has 0 atom stereocenters. The van der Waals surface area contributed by atoms with Crippen molar-refractivity contribution in [1.82, 2.24) is 9.80 Å². The quantitative estimate of drug-likeness (QED) is 0.152. The molecule has 0 saturated carbocycles. The largest absolute Gasteiger partial charge is 0.285 e. The lowest BCUT2D eigenvalue weighted by atomic mass is 10.1. The number of rotatable bonds is 17. The van der Waals surface area contributed by atoms with E-state index >= 15 is 0 Å². The molecule has 0 heterocycles. The fourth-order valence-electron chi connectivity index (χ4n) is 4.03. The summed E-state index contributed by atoms with van der Waals surface area (Å²) in [4.78, 5) is 5.29. The summed E-state index contributed by atoms with van der Waals surface area (Å²) in [5.74, 6) is 0. The van der Waals surface area contributed by atoms with E-state index in [4.69, 9.17) is 0 Å². The van der Waals surface area contributed by atoms with Crippen LogP contribution in [0.4, 0.5) is 0 Å². The van der Waals surface area contributed by atoms with Crippen LogP contribution in [0.3, 0.4) is 0 Å². The van der Waals surface area contributed by atoms with Crippen LogP contribution in [0, 0.1) is 0 Å². The van der Waals surface area contributed by atoms with Gasteiger partial charge in [-0.1, -0.05) is 77.9 Å². The Bertz CT molecular complexity index is 306. The first-order chi connectivity index (χ1) is 12.5. The maximum Gasteiger partial charge on any atom is 0.0662 e. The van der Waals surface area contributed by atoms with E-state index < -0.39 is 0 Å². The van der Waals surface area contributed by atoms with Crippen molar-refractivity contribution in [3.63, 3.8) is 0 Å². The lowest BCUT2D eigenvalue weighted by Crippen LogP contribution is -2.53. The molecule has 0 rings (SSSR count). The van der Waals surface area contributed by atoms with Crippen molar-refractivity contribution < 1.29 is 0 Å². The van der Waals surface area contributed by atoms with Gasteiger partial charge in [-0.05, 0) is 60.0 Å². The number of hydrogen-bond acceptors (Lipinski definition) is 2. The molecule has 26 heavy (non-hydrogen) atoms. The molecule has 0 aromatic rings. The van der Waals surface area contributed by atoms with E-state index in [1.807, 2.05) is 0 Å². The van der Waals surface area contributed by atoms with Gasteiger partial charge in [-0.15, -0.1) is 0 Å². The molecule has 0 radical (unpaired) electrons. The van der Waals surface area contributed by atoms with Crippen molar-refractivity contribution in [2.75, 3.05) is 13.1 Å². The highest BCUT2D eigenvalue weighted by atomic mass is 15.4. The summed E-state index contributed by atoms with van der Waals surface area (Å²) in [6.45, 7) is 18.4.